The van der Waals surface area contributed by atoms with Crippen LogP contribution in [0.4, 0.5) is 0 Å². The van der Waals surface area contributed by atoms with E-state index in [2.05, 4.69) is 0 Å². The molecule has 0 aromatic heterocycles. The maximum absolute atomic E-state index is 11.2. The molecule has 0 heterocycles. The Morgan fingerprint density at radius 3 is 2.61 bits per heavy atom. The Balaban J connectivity index is 2.51. The number of carboxylic acids is 1. The SMILES string of the molecule is CN(CCB(O)O)[C@@H]1CCC(CN)C(C(=O)O)C1. The molecular weight excluding hydrogens is 235 g/mol. The summed E-state index contributed by atoms with van der Waals surface area (Å²) in [6.07, 6.45) is 2.62. The summed E-state index contributed by atoms with van der Waals surface area (Å²) >= 11 is 0. The van der Waals surface area contributed by atoms with Gasteiger partial charge in [0.15, 0.2) is 0 Å². The summed E-state index contributed by atoms with van der Waals surface area (Å²) in [6, 6.07) is 0.188. The first-order valence-electron chi connectivity index (χ1n) is 6.45. The quantitative estimate of drug-likeness (QED) is 0.465. The molecule has 18 heavy (non-hydrogen) atoms. The van der Waals surface area contributed by atoms with Gasteiger partial charge in [-0.15, -0.1) is 0 Å². The summed E-state index contributed by atoms with van der Waals surface area (Å²) in [7, 11) is 0.595. The third-order valence-electron chi connectivity index (χ3n) is 3.95. The van der Waals surface area contributed by atoms with Crippen molar-refractivity contribution in [3.8, 4) is 0 Å². The molecule has 5 N–H and O–H groups in total. The van der Waals surface area contributed by atoms with Crippen LogP contribution < -0.4 is 5.73 Å². The molecule has 1 aliphatic carbocycles. The summed E-state index contributed by atoms with van der Waals surface area (Å²) in [5.41, 5.74) is 5.61. The average molecular weight is 258 g/mol. The van der Waals surface area contributed by atoms with Crippen LogP contribution in [0.1, 0.15) is 19.3 Å². The molecule has 6 nitrogen and oxygen atoms in total. The van der Waals surface area contributed by atoms with Crippen LogP contribution in [0.3, 0.4) is 0 Å². The van der Waals surface area contributed by atoms with Gasteiger partial charge in [-0.25, -0.2) is 0 Å². The normalized spacial score (nSPS) is 28.4. The van der Waals surface area contributed by atoms with Crippen molar-refractivity contribution in [1.82, 2.24) is 4.90 Å². The number of aliphatic carboxylic acids is 1. The average Bonchev–Trinajstić information content (AvgIpc) is 2.34. The van der Waals surface area contributed by atoms with Crippen LogP contribution >= 0.6 is 0 Å². The first-order valence-corrected chi connectivity index (χ1v) is 6.45. The lowest BCUT2D eigenvalue weighted by Crippen LogP contribution is -2.44. The van der Waals surface area contributed by atoms with Gasteiger partial charge in [0.05, 0.1) is 5.92 Å². The zero-order valence-corrected chi connectivity index (χ0v) is 10.8. The van der Waals surface area contributed by atoms with Crippen molar-refractivity contribution in [2.24, 2.45) is 17.6 Å². The van der Waals surface area contributed by atoms with Gasteiger partial charge in [0.1, 0.15) is 0 Å². The van der Waals surface area contributed by atoms with E-state index in [4.69, 9.17) is 15.8 Å². The summed E-state index contributed by atoms with van der Waals surface area (Å²) in [6.45, 7) is 0.977. The van der Waals surface area contributed by atoms with Gasteiger partial charge in [-0.1, -0.05) is 0 Å². The van der Waals surface area contributed by atoms with E-state index in [1.807, 2.05) is 11.9 Å². The summed E-state index contributed by atoms with van der Waals surface area (Å²) in [4.78, 5) is 13.2. The second-order valence-electron chi connectivity index (χ2n) is 5.16. The summed E-state index contributed by atoms with van der Waals surface area (Å²) in [5.74, 6) is -1.09. The number of nitrogens with zero attached hydrogens (tertiary/aromatic N) is 1. The van der Waals surface area contributed by atoms with Gasteiger partial charge in [0.2, 0.25) is 0 Å². The molecule has 0 aliphatic heterocycles. The minimum Gasteiger partial charge on any atom is -0.481 e. The Morgan fingerprint density at radius 1 is 1.44 bits per heavy atom. The van der Waals surface area contributed by atoms with Gasteiger partial charge in [0.25, 0.3) is 0 Å². The number of nitrogens with two attached hydrogens (primary N) is 1. The van der Waals surface area contributed by atoms with E-state index in [1.165, 1.54) is 0 Å². The van der Waals surface area contributed by atoms with Crippen molar-refractivity contribution in [3.63, 3.8) is 0 Å². The van der Waals surface area contributed by atoms with Gasteiger partial charge in [-0.3, -0.25) is 4.79 Å². The Morgan fingerprint density at radius 2 is 2.11 bits per heavy atom. The molecule has 1 fully saturated rings. The molecule has 3 atom stereocenters. The lowest BCUT2D eigenvalue weighted by Gasteiger charge is -2.38. The number of carboxylic acid groups (broad SMARTS) is 1. The number of carbonyl (C=O) groups is 1. The summed E-state index contributed by atoms with van der Waals surface area (Å²) < 4.78 is 0. The van der Waals surface area contributed by atoms with Crippen LogP contribution in [-0.2, 0) is 4.79 Å². The minimum atomic E-state index is -1.30. The second kappa shape index (κ2) is 7.08. The molecule has 2 unspecified atom stereocenters. The van der Waals surface area contributed by atoms with Crippen molar-refractivity contribution in [3.05, 3.63) is 0 Å². The van der Waals surface area contributed by atoms with E-state index in [9.17, 15) is 9.90 Å². The highest BCUT2D eigenvalue weighted by molar-refractivity contribution is 6.41. The minimum absolute atomic E-state index is 0.0654. The Bertz CT molecular complexity index is 278. The predicted molar refractivity (Wildman–Crippen MR) is 68.9 cm³/mol. The zero-order chi connectivity index (χ0) is 13.7. The van der Waals surface area contributed by atoms with Crippen molar-refractivity contribution in [2.45, 2.75) is 31.6 Å². The number of hydrogen-bond donors (Lipinski definition) is 4. The van der Waals surface area contributed by atoms with E-state index in [0.29, 0.717) is 19.5 Å². The molecule has 0 bridgehead atoms. The molecule has 1 saturated carbocycles. The molecule has 0 radical (unpaired) electrons. The maximum atomic E-state index is 11.2. The molecule has 7 heteroatoms. The Labute approximate surface area is 108 Å². The van der Waals surface area contributed by atoms with Gasteiger partial charge >= 0.3 is 13.1 Å². The van der Waals surface area contributed by atoms with E-state index in [0.717, 1.165) is 12.8 Å². The Kier molecular flexibility index (Phi) is 6.07. The van der Waals surface area contributed by atoms with Crippen LogP contribution in [0.5, 0.6) is 0 Å². The monoisotopic (exact) mass is 258 g/mol. The summed E-state index contributed by atoms with van der Waals surface area (Å²) in [5, 5.41) is 26.9. The third kappa shape index (κ3) is 4.24. The zero-order valence-electron chi connectivity index (χ0n) is 10.8. The fraction of sp³-hybridized carbons (Fsp3) is 0.909. The van der Waals surface area contributed by atoms with E-state index >= 15 is 0 Å². The van der Waals surface area contributed by atoms with E-state index < -0.39 is 13.1 Å². The van der Waals surface area contributed by atoms with Crippen LogP contribution in [0, 0.1) is 11.8 Å². The van der Waals surface area contributed by atoms with Crippen molar-refractivity contribution in [1.29, 1.82) is 0 Å². The third-order valence-corrected chi connectivity index (χ3v) is 3.95. The van der Waals surface area contributed by atoms with Gasteiger partial charge < -0.3 is 25.8 Å². The van der Waals surface area contributed by atoms with Crippen molar-refractivity contribution >= 4 is 13.1 Å². The van der Waals surface area contributed by atoms with Gasteiger partial charge in [0, 0.05) is 6.04 Å². The highest BCUT2D eigenvalue weighted by Crippen LogP contribution is 2.32. The molecule has 0 spiro atoms. The predicted octanol–water partition coefficient (Wildman–Crippen LogP) is -0.781. The fourth-order valence-corrected chi connectivity index (χ4v) is 2.70. The fourth-order valence-electron chi connectivity index (χ4n) is 2.70. The molecule has 1 rings (SSSR count). The topological polar surface area (TPSA) is 107 Å². The van der Waals surface area contributed by atoms with E-state index in [1.54, 1.807) is 0 Å². The molecule has 0 aromatic rings. The number of rotatable bonds is 6. The first kappa shape index (κ1) is 15.4. The molecule has 0 amide bonds. The standard InChI is InChI=1S/C11H23BN2O4/c1-14(5-4-12(17)18)9-3-2-8(7-13)10(6-9)11(15)16/h8-10,17-18H,2-7,13H2,1H3,(H,15,16)/t8?,9-,10?/m1/s1. The van der Waals surface area contributed by atoms with E-state index in [-0.39, 0.29) is 24.2 Å². The highest BCUT2D eigenvalue weighted by atomic mass is 16.4. The second-order valence-corrected chi connectivity index (χ2v) is 5.16. The lowest BCUT2D eigenvalue weighted by molar-refractivity contribution is -0.145. The van der Waals surface area contributed by atoms with Crippen LogP contribution in [0.15, 0.2) is 0 Å². The Hall–Kier alpha value is -0.625. The van der Waals surface area contributed by atoms with Gasteiger partial charge in [-0.05, 0) is 51.6 Å². The smallest absolute Gasteiger partial charge is 0.452 e. The first-order chi connectivity index (χ1) is 8.45. The van der Waals surface area contributed by atoms with Crippen molar-refractivity contribution < 1.29 is 19.9 Å². The van der Waals surface area contributed by atoms with Crippen molar-refractivity contribution in [2.75, 3.05) is 20.1 Å². The molecular formula is C11H23BN2O4. The van der Waals surface area contributed by atoms with Gasteiger partial charge in [-0.2, -0.15) is 0 Å². The molecule has 0 aromatic carbocycles. The lowest BCUT2D eigenvalue weighted by atomic mass is 9.76. The van der Waals surface area contributed by atoms with Crippen LogP contribution in [0.25, 0.3) is 0 Å². The van der Waals surface area contributed by atoms with Crippen LogP contribution in [-0.4, -0.2) is 59.3 Å². The molecule has 1 aliphatic rings. The largest absolute Gasteiger partial charge is 0.481 e. The highest BCUT2D eigenvalue weighted by Gasteiger charge is 2.35. The molecule has 104 valence electrons. The number of hydrogen-bond acceptors (Lipinski definition) is 5. The molecule has 0 saturated heterocycles. The van der Waals surface area contributed by atoms with Crippen LogP contribution in [0.2, 0.25) is 6.32 Å². The maximum Gasteiger partial charge on any atom is 0.452 e.